The van der Waals surface area contributed by atoms with Gasteiger partial charge in [-0.15, -0.1) is 0 Å². The summed E-state index contributed by atoms with van der Waals surface area (Å²) in [5.74, 6) is 4.79. The van der Waals surface area contributed by atoms with Crippen molar-refractivity contribution >= 4 is 34.4 Å². The van der Waals surface area contributed by atoms with E-state index in [2.05, 4.69) is 5.32 Å². The van der Waals surface area contributed by atoms with Gasteiger partial charge >= 0.3 is 0 Å². The van der Waals surface area contributed by atoms with Crippen LogP contribution in [0.15, 0.2) is 18.2 Å². The number of rotatable bonds is 2. The number of hydrazine groups is 1. The van der Waals surface area contributed by atoms with Gasteiger partial charge in [0.05, 0.1) is 4.75 Å². The average Bonchev–Trinajstić information content (AvgIpc) is 2.60. The van der Waals surface area contributed by atoms with Gasteiger partial charge in [-0.3, -0.25) is 19.8 Å². The van der Waals surface area contributed by atoms with E-state index in [0.29, 0.717) is 17.7 Å². The number of hydrogen-bond acceptors (Lipinski definition) is 5. The van der Waals surface area contributed by atoms with E-state index in [-0.39, 0.29) is 11.7 Å². The number of benzene rings is 1. The van der Waals surface area contributed by atoms with Crippen molar-refractivity contribution in [3.63, 3.8) is 0 Å². The van der Waals surface area contributed by atoms with Crippen LogP contribution < -0.4 is 16.6 Å². The quantitative estimate of drug-likeness (QED) is 0.435. The summed E-state index contributed by atoms with van der Waals surface area (Å²) in [5.41, 5.74) is 4.06. The van der Waals surface area contributed by atoms with Gasteiger partial charge in [-0.1, -0.05) is 0 Å². The highest BCUT2D eigenvalue weighted by atomic mass is 32.2. The van der Waals surface area contributed by atoms with Crippen LogP contribution in [0, 0.1) is 0 Å². The highest BCUT2D eigenvalue weighted by molar-refractivity contribution is 8.15. The van der Waals surface area contributed by atoms with E-state index in [1.165, 1.54) is 6.92 Å². The molecule has 1 aliphatic carbocycles. The van der Waals surface area contributed by atoms with E-state index in [4.69, 9.17) is 5.84 Å². The number of ketones is 1. The maximum absolute atomic E-state index is 12.4. The van der Waals surface area contributed by atoms with E-state index >= 15 is 0 Å². The molecule has 20 heavy (non-hydrogen) atoms. The van der Waals surface area contributed by atoms with Gasteiger partial charge in [0.15, 0.2) is 5.78 Å². The second-order valence-electron chi connectivity index (χ2n) is 4.82. The molecule has 0 aliphatic heterocycles. The summed E-state index contributed by atoms with van der Waals surface area (Å²) in [7, 11) is 0. The van der Waals surface area contributed by atoms with Gasteiger partial charge in [-0.2, -0.15) is 0 Å². The van der Waals surface area contributed by atoms with Crippen molar-refractivity contribution in [3.05, 3.63) is 29.3 Å². The number of carbonyl (C=O) groups excluding carboxylic acids is 3. The zero-order chi connectivity index (χ0) is 14.9. The normalized spacial score (nSPS) is 20.4. The lowest BCUT2D eigenvalue weighted by Gasteiger charge is -2.19. The number of hydrogen-bond donors (Lipinski definition) is 3. The van der Waals surface area contributed by atoms with Gasteiger partial charge in [0.25, 0.3) is 5.24 Å². The Morgan fingerprint density at radius 3 is 2.70 bits per heavy atom. The summed E-state index contributed by atoms with van der Waals surface area (Å²) >= 11 is 0.882. The van der Waals surface area contributed by atoms with Crippen LogP contribution in [0.1, 0.15) is 29.8 Å². The van der Waals surface area contributed by atoms with Crippen LogP contribution in [0.5, 0.6) is 0 Å². The number of Topliss-reactive ketones (excluding diaryl/α,β-unsaturated/α-hetero) is 1. The van der Waals surface area contributed by atoms with E-state index in [0.717, 1.165) is 17.3 Å². The number of nitrogens with one attached hydrogen (secondary N) is 2. The van der Waals surface area contributed by atoms with Gasteiger partial charge < -0.3 is 5.32 Å². The summed E-state index contributed by atoms with van der Waals surface area (Å²) < 4.78 is -0.860. The molecule has 4 N–H and O–H groups in total. The Morgan fingerprint density at radius 1 is 1.40 bits per heavy atom. The van der Waals surface area contributed by atoms with Crippen LogP contribution in [0.2, 0.25) is 0 Å². The summed E-state index contributed by atoms with van der Waals surface area (Å²) in [6.07, 6.45) is 0.423. The molecule has 0 spiro atoms. The lowest BCUT2D eigenvalue weighted by molar-refractivity contribution is -0.114. The predicted octanol–water partition coefficient (Wildman–Crippen LogP) is 1.46. The number of fused-ring (bicyclic) bond motifs is 1. The smallest absolute Gasteiger partial charge is 0.293 e. The van der Waals surface area contributed by atoms with Gasteiger partial charge in [-0.05, 0) is 48.9 Å². The fourth-order valence-electron chi connectivity index (χ4n) is 2.29. The van der Waals surface area contributed by atoms with E-state index in [9.17, 15) is 14.4 Å². The Hall–Kier alpha value is -1.86. The SMILES string of the molecule is CC(=O)Nc1ccc2c(c1)CC(C)(SC(=O)NN)C2=O. The Balaban J connectivity index is 2.28. The zero-order valence-electron chi connectivity index (χ0n) is 11.1. The summed E-state index contributed by atoms with van der Waals surface area (Å²) in [6, 6.07) is 5.12. The van der Waals surface area contributed by atoms with Crippen molar-refractivity contribution in [3.8, 4) is 0 Å². The van der Waals surface area contributed by atoms with E-state index in [1.54, 1.807) is 25.1 Å². The molecule has 2 amide bonds. The summed E-state index contributed by atoms with van der Waals surface area (Å²) in [6.45, 7) is 3.14. The fraction of sp³-hybridized carbons (Fsp3) is 0.308. The Labute approximate surface area is 120 Å². The first-order valence-corrected chi connectivity index (χ1v) is 6.82. The third kappa shape index (κ3) is 2.68. The van der Waals surface area contributed by atoms with Crippen LogP contribution in [0.25, 0.3) is 0 Å². The molecular formula is C13H15N3O3S. The minimum atomic E-state index is -0.860. The predicted molar refractivity (Wildman–Crippen MR) is 77.5 cm³/mol. The molecule has 1 aromatic carbocycles. The minimum Gasteiger partial charge on any atom is -0.326 e. The van der Waals surface area contributed by atoms with Crippen LogP contribution in [0.3, 0.4) is 0 Å². The van der Waals surface area contributed by atoms with Crippen molar-refractivity contribution in [2.45, 2.75) is 25.0 Å². The molecule has 106 valence electrons. The molecule has 0 fully saturated rings. The molecule has 6 nitrogen and oxygen atoms in total. The average molecular weight is 293 g/mol. The fourth-order valence-corrected chi connectivity index (χ4v) is 3.19. The number of nitrogens with two attached hydrogens (primary N) is 1. The zero-order valence-corrected chi connectivity index (χ0v) is 12.0. The van der Waals surface area contributed by atoms with Gasteiger partial charge in [0.1, 0.15) is 0 Å². The minimum absolute atomic E-state index is 0.101. The monoisotopic (exact) mass is 293 g/mol. The van der Waals surface area contributed by atoms with E-state index < -0.39 is 9.99 Å². The molecule has 2 rings (SSSR count). The third-order valence-corrected chi connectivity index (χ3v) is 4.20. The van der Waals surface area contributed by atoms with Crippen molar-refractivity contribution in [1.29, 1.82) is 0 Å². The van der Waals surface area contributed by atoms with Gasteiger partial charge in [0, 0.05) is 18.2 Å². The first-order valence-electron chi connectivity index (χ1n) is 6.00. The molecule has 0 saturated carbocycles. The van der Waals surface area contributed by atoms with Crippen LogP contribution in [-0.4, -0.2) is 21.7 Å². The highest BCUT2D eigenvalue weighted by Gasteiger charge is 2.43. The van der Waals surface area contributed by atoms with Crippen LogP contribution in [-0.2, 0) is 11.2 Å². The number of carbonyl (C=O) groups is 3. The molecule has 0 saturated heterocycles. The topological polar surface area (TPSA) is 101 Å². The molecular weight excluding hydrogens is 278 g/mol. The first kappa shape index (κ1) is 14.5. The Kier molecular flexibility index (Phi) is 3.82. The van der Waals surface area contributed by atoms with Crippen molar-refractivity contribution in [2.24, 2.45) is 5.84 Å². The van der Waals surface area contributed by atoms with Crippen molar-refractivity contribution < 1.29 is 14.4 Å². The van der Waals surface area contributed by atoms with Crippen molar-refractivity contribution in [1.82, 2.24) is 5.43 Å². The number of thioether (sulfide) groups is 1. The molecule has 7 heteroatoms. The highest BCUT2D eigenvalue weighted by Crippen LogP contribution is 2.40. The van der Waals surface area contributed by atoms with Gasteiger partial charge in [0.2, 0.25) is 5.91 Å². The molecule has 0 heterocycles. The first-order chi connectivity index (χ1) is 9.35. The number of anilines is 1. The van der Waals surface area contributed by atoms with Crippen LogP contribution >= 0.6 is 11.8 Å². The molecule has 1 aromatic rings. The maximum Gasteiger partial charge on any atom is 0.293 e. The maximum atomic E-state index is 12.4. The third-order valence-electron chi connectivity index (χ3n) is 3.11. The molecule has 1 atom stereocenters. The molecule has 0 aromatic heterocycles. The van der Waals surface area contributed by atoms with E-state index in [1.807, 2.05) is 5.43 Å². The van der Waals surface area contributed by atoms with Crippen LogP contribution in [0.4, 0.5) is 10.5 Å². The van der Waals surface area contributed by atoms with Gasteiger partial charge in [-0.25, -0.2) is 5.84 Å². The molecule has 1 aliphatic rings. The second kappa shape index (κ2) is 5.26. The molecule has 1 unspecified atom stereocenters. The Morgan fingerprint density at radius 2 is 2.10 bits per heavy atom. The molecule has 0 bridgehead atoms. The largest absolute Gasteiger partial charge is 0.326 e. The summed E-state index contributed by atoms with van der Waals surface area (Å²) in [5, 5.41) is 2.22. The lowest BCUT2D eigenvalue weighted by Crippen LogP contribution is -2.35. The molecule has 0 radical (unpaired) electrons. The standard InChI is InChI=1S/C13H15N3O3S/c1-7(17)15-9-3-4-10-8(5-9)6-13(2,11(10)18)20-12(19)16-14/h3-5H,6,14H2,1-2H3,(H,15,17)(H,16,19). The second-order valence-corrected chi connectivity index (χ2v) is 6.30. The number of amides is 2. The lowest BCUT2D eigenvalue weighted by atomic mass is 10.1. The summed E-state index contributed by atoms with van der Waals surface area (Å²) in [4.78, 5) is 34.8. The van der Waals surface area contributed by atoms with Crippen molar-refractivity contribution in [2.75, 3.05) is 5.32 Å². The Bertz CT molecular complexity index is 603.